The summed E-state index contributed by atoms with van der Waals surface area (Å²) >= 11 is 23.4. The van der Waals surface area contributed by atoms with Gasteiger partial charge in [0, 0.05) is 22.5 Å². The van der Waals surface area contributed by atoms with Crippen molar-refractivity contribution in [2.75, 3.05) is 10.6 Å². The van der Waals surface area contributed by atoms with Crippen LogP contribution in [0.2, 0.25) is 20.1 Å². The monoisotopic (exact) mass is 890 g/mol. The highest BCUT2D eigenvalue weighted by Crippen LogP contribution is 2.35. The summed E-state index contributed by atoms with van der Waals surface area (Å²) in [6.45, 7) is 20.1. The van der Waals surface area contributed by atoms with Crippen LogP contribution in [-0.2, 0) is 9.59 Å². The molecule has 59 heavy (non-hydrogen) atoms. The molecule has 17 nitrogen and oxygen atoms in total. The summed E-state index contributed by atoms with van der Waals surface area (Å²) in [6, 6.07) is 11.8. The molecule has 4 rings (SSSR count). The molecule has 0 aliphatic heterocycles. The zero-order valence-corrected chi connectivity index (χ0v) is 34.5. The molecular formula is C38H38Cl4N8O9. The summed E-state index contributed by atoms with van der Waals surface area (Å²) in [5, 5.41) is 52.9. The van der Waals surface area contributed by atoms with Crippen LogP contribution >= 0.6 is 46.4 Å². The number of nitrogens with zero attached hydrogens (tertiary/aromatic N) is 2. The van der Waals surface area contributed by atoms with Gasteiger partial charge in [-0.1, -0.05) is 58.5 Å². The van der Waals surface area contributed by atoms with E-state index in [-0.39, 0.29) is 42.8 Å². The number of carbonyl (C=O) groups excluding carboxylic acids is 3. The number of benzene rings is 4. The van der Waals surface area contributed by atoms with Gasteiger partial charge in [0.1, 0.15) is 17.5 Å². The minimum Gasteiger partial charge on any atom is -0.506 e. The van der Waals surface area contributed by atoms with Gasteiger partial charge in [0.15, 0.2) is 6.04 Å². The van der Waals surface area contributed by atoms with Crippen molar-refractivity contribution in [2.45, 2.75) is 52.0 Å². The molecule has 4 aromatic carbocycles. The highest BCUT2D eigenvalue weighted by molar-refractivity contribution is 6.35. The smallest absolute Gasteiger partial charge is 0.328 e. The Hall–Kier alpha value is -6.02. The van der Waals surface area contributed by atoms with Gasteiger partial charge in [0.2, 0.25) is 11.4 Å². The maximum absolute atomic E-state index is 12.5. The van der Waals surface area contributed by atoms with Crippen molar-refractivity contribution < 1.29 is 44.7 Å². The number of nitrogens with two attached hydrogens (primary N) is 1. The second-order valence-corrected chi connectivity index (χ2v) is 13.7. The lowest BCUT2D eigenvalue weighted by molar-refractivity contribution is -0.140. The Balaban J connectivity index is 0.000000339. The Bertz CT molecular complexity index is 2280. The third kappa shape index (κ3) is 13.8. The van der Waals surface area contributed by atoms with Crippen molar-refractivity contribution in [2.24, 2.45) is 5.84 Å². The van der Waals surface area contributed by atoms with E-state index >= 15 is 0 Å². The zero-order chi connectivity index (χ0) is 44.7. The molecule has 0 spiro atoms. The predicted octanol–water partition coefficient (Wildman–Crippen LogP) is 6.27. The van der Waals surface area contributed by atoms with Crippen molar-refractivity contribution >= 4 is 92.8 Å². The number of rotatable bonds is 10. The quantitative estimate of drug-likeness (QED) is 0.0364. The van der Waals surface area contributed by atoms with E-state index in [4.69, 9.17) is 75.6 Å². The molecule has 0 radical (unpaired) electrons. The highest BCUT2D eigenvalue weighted by atomic mass is 35.5. The number of carboxylic acids is 1. The van der Waals surface area contributed by atoms with Crippen LogP contribution in [0.5, 0.6) is 11.5 Å². The lowest BCUT2D eigenvalue weighted by atomic mass is 10.1. The number of anilines is 2. The Morgan fingerprint density at radius 3 is 1.42 bits per heavy atom. The molecule has 0 aliphatic rings. The number of amides is 3. The average molecular weight is 893 g/mol. The standard InChI is InChI=1S/C19H18Cl2N4O4.C12H13ClN2O3.C7H7ClN2O2/c1-9-13(5-6-14(22-3)16(9)21)23-17(10(2)26)19(29)25-24-18(28)11-4-7-15(27)12(20)8-11;1-6-8(4-5-9(14-3)10(6)13)15-11(7(2)16)12(17)18;8-5-3-4(7(12)10-9)1-2-6(5)11/h4-8,10,17,23,26-27H,1-2H3,(H,24,28)(H,25,29);4-5,7,11,15-16H,1-2H3,(H,17,18);1-3,11H,9H2,(H,10,12)/t10-,17+;7-,11+;/m00./s1. The molecule has 4 atom stereocenters. The van der Waals surface area contributed by atoms with Crippen LogP contribution in [0, 0.1) is 27.0 Å². The Morgan fingerprint density at radius 1 is 0.661 bits per heavy atom. The summed E-state index contributed by atoms with van der Waals surface area (Å²) in [4.78, 5) is 53.0. The SMILES string of the molecule is NNC(=O)c1ccc(O)c(Cl)c1.[C-]#[N+]c1ccc(N[C@@H](C(=O)NNC(=O)c2ccc(O)c(Cl)c2)[C@H](C)O)c(C)c1Cl.[C-]#[N+]c1ccc(N[C@@H](C(=O)O)[C@H](C)O)c(C)c1Cl. The maximum Gasteiger partial charge on any atom is 0.328 e. The molecular weight excluding hydrogens is 854 g/mol. The Labute approximate surface area is 358 Å². The minimum atomic E-state index is -1.16. The predicted molar refractivity (Wildman–Crippen MR) is 224 cm³/mol. The van der Waals surface area contributed by atoms with Crippen molar-refractivity contribution in [3.63, 3.8) is 0 Å². The molecule has 0 heterocycles. The minimum absolute atomic E-state index is 0.0114. The molecule has 0 saturated heterocycles. The molecule has 0 fully saturated rings. The Kier molecular flexibility index (Phi) is 19.0. The molecule has 312 valence electrons. The van der Waals surface area contributed by atoms with Crippen molar-refractivity contribution in [1.82, 2.24) is 16.3 Å². The number of carbonyl (C=O) groups is 4. The van der Waals surface area contributed by atoms with E-state index in [9.17, 15) is 34.5 Å². The van der Waals surface area contributed by atoms with E-state index in [1.165, 1.54) is 62.4 Å². The number of hydrazine groups is 2. The fourth-order valence-corrected chi connectivity index (χ4v) is 5.38. The number of nitrogen functional groups attached to an aromatic ring is 1. The summed E-state index contributed by atoms with van der Waals surface area (Å²) in [6.07, 6.45) is -2.17. The van der Waals surface area contributed by atoms with Crippen LogP contribution in [0.15, 0.2) is 60.7 Å². The van der Waals surface area contributed by atoms with Crippen LogP contribution in [0.4, 0.5) is 22.7 Å². The Morgan fingerprint density at radius 2 is 1.07 bits per heavy atom. The van der Waals surface area contributed by atoms with Crippen LogP contribution in [-0.4, -0.2) is 73.5 Å². The van der Waals surface area contributed by atoms with Gasteiger partial charge in [0.25, 0.3) is 17.7 Å². The van der Waals surface area contributed by atoms with Gasteiger partial charge in [-0.2, -0.15) is 0 Å². The second-order valence-electron chi connectivity index (χ2n) is 12.2. The third-order valence-electron chi connectivity index (χ3n) is 7.96. The van der Waals surface area contributed by atoms with Crippen molar-refractivity contribution in [3.8, 4) is 11.5 Å². The first-order valence-electron chi connectivity index (χ1n) is 16.7. The fourth-order valence-electron chi connectivity index (χ4n) is 4.60. The van der Waals surface area contributed by atoms with Gasteiger partial charge < -0.3 is 36.2 Å². The van der Waals surface area contributed by atoms with E-state index in [1.54, 1.807) is 26.0 Å². The highest BCUT2D eigenvalue weighted by Gasteiger charge is 2.26. The number of aromatic hydroxyl groups is 2. The number of aliphatic hydroxyl groups is 2. The van der Waals surface area contributed by atoms with Gasteiger partial charge in [-0.15, -0.1) is 0 Å². The molecule has 21 heteroatoms. The molecule has 3 amide bonds. The number of hydrogen-bond donors (Lipinski definition) is 11. The van der Waals surface area contributed by atoms with Gasteiger partial charge in [-0.25, -0.2) is 20.3 Å². The van der Waals surface area contributed by atoms with Gasteiger partial charge >= 0.3 is 5.97 Å². The number of carboxylic acid groups (broad SMARTS) is 1. The molecule has 4 aromatic rings. The van der Waals surface area contributed by atoms with E-state index in [0.29, 0.717) is 33.8 Å². The lowest BCUT2D eigenvalue weighted by Crippen LogP contribution is -2.52. The number of phenols is 2. The van der Waals surface area contributed by atoms with E-state index in [1.807, 2.05) is 5.43 Å². The normalized spacial score (nSPS) is 12.2. The number of aliphatic carboxylic acids is 1. The summed E-state index contributed by atoms with van der Waals surface area (Å²) in [5.74, 6) is 1.67. The van der Waals surface area contributed by atoms with Gasteiger partial charge in [-0.05, 0) is 87.4 Å². The average Bonchev–Trinajstić information content (AvgIpc) is 3.19. The van der Waals surface area contributed by atoms with Crippen molar-refractivity contribution in [1.29, 1.82) is 0 Å². The lowest BCUT2D eigenvalue weighted by Gasteiger charge is -2.23. The maximum atomic E-state index is 12.5. The molecule has 0 aromatic heterocycles. The van der Waals surface area contributed by atoms with Gasteiger partial charge in [0.05, 0.1) is 45.4 Å². The van der Waals surface area contributed by atoms with E-state index in [2.05, 4.69) is 31.2 Å². The topological polar surface area (TPSA) is 264 Å². The molecule has 0 saturated carbocycles. The first-order valence-corrected chi connectivity index (χ1v) is 18.2. The number of phenolic OH excluding ortho intramolecular Hbond substituents is 2. The third-order valence-corrected chi connectivity index (χ3v) is 9.52. The number of hydrogen-bond acceptors (Lipinski definition) is 11. The fraction of sp³-hybridized carbons (Fsp3) is 0.211. The first-order chi connectivity index (χ1) is 27.7. The zero-order valence-electron chi connectivity index (χ0n) is 31.4. The van der Waals surface area contributed by atoms with Crippen LogP contribution < -0.4 is 32.8 Å². The largest absolute Gasteiger partial charge is 0.506 e. The summed E-state index contributed by atoms with van der Waals surface area (Å²) in [5.41, 5.74) is 9.46. The summed E-state index contributed by atoms with van der Waals surface area (Å²) in [7, 11) is 0. The molecule has 0 aliphatic carbocycles. The van der Waals surface area contributed by atoms with Crippen molar-refractivity contribution in [3.05, 3.63) is 126 Å². The number of halogens is 4. The van der Waals surface area contributed by atoms with Crippen LogP contribution in [0.25, 0.3) is 9.69 Å². The first kappa shape index (κ1) is 49.1. The molecule has 0 unspecified atom stereocenters. The summed E-state index contributed by atoms with van der Waals surface area (Å²) < 4.78 is 0. The van der Waals surface area contributed by atoms with E-state index in [0.717, 1.165) is 0 Å². The second kappa shape index (κ2) is 22.8. The number of aliphatic hydroxyl groups excluding tert-OH is 2. The molecule has 12 N–H and O–H groups in total. The van der Waals surface area contributed by atoms with Gasteiger partial charge in [-0.3, -0.25) is 30.7 Å². The van der Waals surface area contributed by atoms with Crippen LogP contribution in [0.1, 0.15) is 45.7 Å². The number of nitrogens with one attached hydrogen (secondary N) is 5. The van der Waals surface area contributed by atoms with E-state index < -0.39 is 48.0 Å². The van der Waals surface area contributed by atoms with Crippen LogP contribution in [0.3, 0.4) is 0 Å². The molecule has 0 bridgehead atoms.